The molecule has 0 atom stereocenters. The monoisotopic (exact) mass is 447 g/mol. The van der Waals surface area contributed by atoms with Crippen LogP contribution in [0.1, 0.15) is 27.2 Å². The average Bonchev–Trinajstić information content (AvgIpc) is 3.09. The van der Waals surface area contributed by atoms with Crippen LogP contribution in [0.3, 0.4) is 0 Å². The lowest BCUT2D eigenvalue weighted by molar-refractivity contribution is -0.139. The molecular formula is C26H22FNO5. The third-order valence-corrected chi connectivity index (χ3v) is 5.49. The number of rotatable bonds is 8. The molecule has 168 valence electrons. The van der Waals surface area contributed by atoms with Gasteiger partial charge in [-0.15, -0.1) is 0 Å². The number of carboxylic acid groups (broad SMARTS) is 1. The molecule has 0 saturated heterocycles. The normalized spacial score (nSPS) is 10.9. The van der Waals surface area contributed by atoms with Gasteiger partial charge in [-0.1, -0.05) is 12.1 Å². The zero-order chi connectivity index (χ0) is 23.5. The summed E-state index contributed by atoms with van der Waals surface area (Å²) in [5.41, 5.74) is 3.38. The first-order chi connectivity index (χ1) is 15.9. The highest BCUT2D eigenvalue weighted by Gasteiger charge is 2.22. The maximum Gasteiger partial charge on any atom is 0.341 e. The molecule has 0 unspecified atom stereocenters. The Balaban J connectivity index is 1.83. The maximum atomic E-state index is 13.5. The summed E-state index contributed by atoms with van der Waals surface area (Å²) < 4.78 is 25.9. The van der Waals surface area contributed by atoms with E-state index in [9.17, 15) is 14.0 Å². The van der Waals surface area contributed by atoms with Crippen molar-refractivity contribution >= 4 is 22.7 Å². The number of nitrogens with zero attached hydrogens (tertiary/aromatic N) is 1. The van der Waals surface area contributed by atoms with Gasteiger partial charge in [-0.05, 0) is 61.0 Å². The number of ketones is 1. The summed E-state index contributed by atoms with van der Waals surface area (Å²) >= 11 is 0. The second-order valence-corrected chi connectivity index (χ2v) is 7.59. The first-order valence-electron chi connectivity index (χ1n) is 10.3. The van der Waals surface area contributed by atoms with Crippen molar-refractivity contribution in [3.8, 4) is 11.5 Å². The van der Waals surface area contributed by atoms with Crippen LogP contribution in [0, 0.1) is 12.7 Å². The second kappa shape index (κ2) is 9.16. The molecule has 0 aliphatic heterocycles. The number of carbonyl (C=O) groups is 2. The molecule has 0 aliphatic rings. The van der Waals surface area contributed by atoms with Crippen molar-refractivity contribution in [1.82, 2.24) is 4.57 Å². The summed E-state index contributed by atoms with van der Waals surface area (Å²) in [5.74, 6) is -0.512. The van der Waals surface area contributed by atoms with Crippen molar-refractivity contribution in [2.45, 2.75) is 13.5 Å². The minimum absolute atomic E-state index is 0.141. The molecule has 1 N–H and O–H groups in total. The van der Waals surface area contributed by atoms with Crippen LogP contribution in [0.5, 0.6) is 11.5 Å². The number of fused-ring (bicyclic) bond motifs is 1. The summed E-state index contributed by atoms with van der Waals surface area (Å²) in [7, 11) is 1.56. The van der Waals surface area contributed by atoms with Gasteiger partial charge in [0, 0.05) is 29.3 Å². The van der Waals surface area contributed by atoms with Crippen molar-refractivity contribution in [2.75, 3.05) is 13.7 Å². The fraction of sp³-hybridized carbons (Fsp3) is 0.154. The zero-order valence-corrected chi connectivity index (χ0v) is 18.2. The zero-order valence-electron chi connectivity index (χ0n) is 18.2. The molecule has 1 aromatic heterocycles. The average molecular weight is 447 g/mol. The Labute approximate surface area is 189 Å². The van der Waals surface area contributed by atoms with Crippen LogP contribution in [0.25, 0.3) is 10.9 Å². The van der Waals surface area contributed by atoms with Crippen molar-refractivity contribution in [3.05, 3.63) is 94.9 Å². The predicted molar refractivity (Wildman–Crippen MR) is 122 cm³/mol. The molecule has 4 rings (SSSR count). The van der Waals surface area contributed by atoms with E-state index >= 15 is 0 Å². The van der Waals surface area contributed by atoms with Crippen LogP contribution >= 0.6 is 0 Å². The first kappa shape index (κ1) is 22.1. The third kappa shape index (κ3) is 4.57. The van der Waals surface area contributed by atoms with Gasteiger partial charge < -0.3 is 19.1 Å². The van der Waals surface area contributed by atoms with Gasteiger partial charge in [0.1, 0.15) is 17.3 Å². The van der Waals surface area contributed by atoms with E-state index in [-0.39, 0.29) is 11.6 Å². The third-order valence-electron chi connectivity index (χ3n) is 5.49. The van der Waals surface area contributed by atoms with Crippen molar-refractivity contribution < 1.29 is 28.6 Å². The SMILES string of the molecule is COc1ccc(C(=O)c2c(C)n(Cc3ccc(F)cc3)c3cc(OCC(=O)O)ccc23)cc1. The number of aromatic nitrogens is 1. The van der Waals surface area contributed by atoms with E-state index in [1.807, 2.05) is 11.5 Å². The standard InChI is InChI=1S/C26H22FNO5/c1-16-25(26(31)18-5-9-20(32-2)10-6-18)22-12-11-21(33-15-24(29)30)13-23(22)28(16)14-17-3-7-19(27)8-4-17/h3-13H,14-15H2,1-2H3,(H,29,30). The molecule has 0 saturated carbocycles. The predicted octanol–water partition coefficient (Wildman–Crippen LogP) is 4.84. The van der Waals surface area contributed by atoms with E-state index in [1.54, 1.807) is 61.7 Å². The second-order valence-electron chi connectivity index (χ2n) is 7.59. The molecule has 4 aromatic rings. The van der Waals surface area contributed by atoms with Crippen molar-refractivity contribution in [1.29, 1.82) is 0 Å². The molecule has 0 radical (unpaired) electrons. The van der Waals surface area contributed by atoms with Crippen LogP contribution in [0.15, 0.2) is 66.7 Å². The van der Waals surface area contributed by atoms with Gasteiger partial charge in [0.15, 0.2) is 12.4 Å². The molecule has 0 spiro atoms. The van der Waals surface area contributed by atoms with E-state index in [0.29, 0.717) is 29.2 Å². The summed E-state index contributed by atoms with van der Waals surface area (Å²) in [6.45, 7) is 1.79. The number of ether oxygens (including phenoxy) is 2. The molecule has 6 nitrogen and oxygen atoms in total. The largest absolute Gasteiger partial charge is 0.497 e. The Morgan fingerprint density at radius 3 is 2.27 bits per heavy atom. The van der Waals surface area contributed by atoms with Gasteiger partial charge in [0.25, 0.3) is 0 Å². The fourth-order valence-corrected chi connectivity index (χ4v) is 3.84. The molecule has 3 aromatic carbocycles. The van der Waals surface area contributed by atoms with Crippen LogP contribution in [0.2, 0.25) is 0 Å². The molecule has 7 heteroatoms. The number of halogens is 1. The Morgan fingerprint density at radius 2 is 1.64 bits per heavy atom. The van der Waals surface area contributed by atoms with Crippen molar-refractivity contribution in [3.63, 3.8) is 0 Å². The Morgan fingerprint density at radius 1 is 0.970 bits per heavy atom. The Kier molecular flexibility index (Phi) is 6.13. The smallest absolute Gasteiger partial charge is 0.341 e. The highest BCUT2D eigenvalue weighted by Crippen LogP contribution is 2.32. The van der Waals surface area contributed by atoms with Crippen LogP contribution in [-0.2, 0) is 11.3 Å². The fourth-order valence-electron chi connectivity index (χ4n) is 3.84. The van der Waals surface area contributed by atoms with Gasteiger partial charge in [-0.25, -0.2) is 9.18 Å². The van der Waals surface area contributed by atoms with E-state index in [0.717, 1.165) is 22.2 Å². The summed E-state index contributed by atoms with van der Waals surface area (Å²) in [5, 5.41) is 9.65. The van der Waals surface area contributed by atoms with Gasteiger partial charge in [-0.2, -0.15) is 0 Å². The molecule has 1 heterocycles. The molecule has 0 amide bonds. The molecule has 0 aliphatic carbocycles. The molecule has 33 heavy (non-hydrogen) atoms. The highest BCUT2D eigenvalue weighted by atomic mass is 19.1. The number of benzene rings is 3. The lowest BCUT2D eigenvalue weighted by atomic mass is 10.0. The summed E-state index contributed by atoms with van der Waals surface area (Å²) in [6, 6.07) is 18.2. The van der Waals surface area contributed by atoms with Crippen LogP contribution in [0.4, 0.5) is 4.39 Å². The number of hydrogen-bond donors (Lipinski definition) is 1. The quantitative estimate of drug-likeness (QED) is 0.391. The topological polar surface area (TPSA) is 77.8 Å². The van der Waals surface area contributed by atoms with E-state index in [2.05, 4.69) is 0 Å². The maximum absolute atomic E-state index is 13.5. The Bertz CT molecular complexity index is 1320. The van der Waals surface area contributed by atoms with E-state index in [1.165, 1.54) is 12.1 Å². The lowest BCUT2D eigenvalue weighted by Crippen LogP contribution is -2.09. The molecule has 0 fully saturated rings. The van der Waals surface area contributed by atoms with Crippen LogP contribution < -0.4 is 9.47 Å². The minimum atomic E-state index is -1.08. The number of aliphatic carboxylic acids is 1. The van der Waals surface area contributed by atoms with E-state index in [4.69, 9.17) is 14.6 Å². The number of carboxylic acids is 1. The number of carbonyl (C=O) groups excluding carboxylic acids is 1. The minimum Gasteiger partial charge on any atom is -0.497 e. The molecular weight excluding hydrogens is 425 g/mol. The lowest BCUT2D eigenvalue weighted by Gasteiger charge is -2.10. The number of methoxy groups -OCH3 is 1. The van der Waals surface area contributed by atoms with Gasteiger partial charge >= 0.3 is 5.97 Å². The number of hydrogen-bond acceptors (Lipinski definition) is 4. The molecule has 0 bridgehead atoms. The van der Waals surface area contributed by atoms with Gasteiger partial charge in [0.2, 0.25) is 0 Å². The van der Waals surface area contributed by atoms with Gasteiger partial charge in [0.05, 0.1) is 18.2 Å². The highest BCUT2D eigenvalue weighted by molar-refractivity contribution is 6.17. The summed E-state index contributed by atoms with van der Waals surface area (Å²) in [6.07, 6.45) is 0. The summed E-state index contributed by atoms with van der Waals surface area (Å²) in [4.78, 5) is 24.4. The Hall–Kier alpha value is -4.13. The van der Waals surface area contributed by atoms with Gasteiger partial charge in [-0.3, -0.25) is 4.79 Å². The van der Waals surface area contributed by atoms with E-state index < -0.39 is 12.6 Å². The van der Waals surface area contributed by atoms with Crippen molar-refractivity contribution in [2.24, 2.45) is 0 Å². The van der Waals surface area contributed by atoms with Crippen LogP contribution in [-0.4, -0.2) is 35.1 Å². The first-order valence-corrected chi connectivity index (χ1v) is 10.3.